The molecule has 22 heavy (non-hydrogen) atoms. The summed E-state index contributed by atoms with van der Waals surface area (Å²) in [6.45, 7) is 4.50. The number of anilines is 1. The average molecular weight is 328 g/mol. The number of nitrogens with one attached hydrogen (secondary N) is 1. The summed E-state index contributed by atoms with van der Waals surface area (Å²) in [7, 11) is -3.33. The van der Waals surface area contributed by atoms with Crippen LogP contribution in [0.2, 0.25) is 0 Å². The van der Waals surface area contributed by atoms with Crippen LogP contribution in [0.25, 0.3) is 0 Å². The Morgan fingerprint density at radius 3 is 2.55 bits per heavy atom. The van der Waals surface area contributed by atoms with E-state index >= 15 is 0 Å². The molecule has 0 radical (unpaired) electrons. The zero-order valence-electron chi connectivity index (χ0n) is 13.3. The molecule has 0 aliphatic rings. The molecule has 2 amide bonds. The number of carbonyl (C=O) groups excluding carboxylic acids is 1. The van der Waals surface area contributed by atoms with E-state index in [1.807, 2.05) is 6.92 Å². The van der Waals surface area contributed by atoms with Gasteiger partial charge in [0.1, 0.15) is 0 Å². The third-order valence-corrected chi connectivity index (χ3v) is 4.43. The van der Waals surface area contributed by atoms with Gasteiger partial charge in [0.2, 0.25) is 0 Å². The lowest BCUT2D eigenvalue weighted by atomic mass is 10.2. The Labute approximate surface area is 132 Å². The van der Waals surface area contributed by atoms with Crippen molar-refractivity contribution in [3.63, 3.8) is 0 Å². The zero-order valence-corrected chi connectivity index (χ0v) is 14.1. The largest absolute Gasteiger partial charge is 0.395 e. The van der Waals surface area contributed by atoms with Gasteiger partial charge in [-0.3, -0.25) is 0 Å². The standard InChI is InChI=1S/C15H24N2O4S/c1-4-5-8-17(9-10-18)15(19)16-14-11-13(22(3,20)21)7-6-12(14)2/h6-7,11,18H,4-5,8-10H2,1-3H3,(H,16,19). The lowest BCUT2D eigenvalue weighted by Crippen LogP contribution is -2.37. The van der Waals surface area contributed by atoms with Crippen LogP contribution in [-0.4, -0.2) is 50.4 Å². The molecule has 2 N–H and O–H groups in total. The summed E-state index contributed by atoms with van der Waals surface area (Å²) in [6, 6.07) is 4.30. The van der Waals surface area contributed by atoms with Gasteiger partial charge in [0, 0.05) is 25.0 Å². The molecule has 0 fully saturated rings. The summed E-state index contributed by atoms with van der Waals surface area (Å²) < 4.78 is 23.2. The number of hydrogen-bond donors (Lipinski definition) is 2. The van der Waals surface area contributed by atoms with Gasteiger partial charge in [-0.2, -0.15) is 0 Å². The molecule has 6 nitrogen and oxygen atoms in total. The minimum absolute atomic E-state index is 0.112. The van der Waals surface area contributed by atoms with E-state index in [-0.39, 0.29) is 24.1 Å². The number of rotatable bonds is 7. The van der Waals surface area contributed by atoms with Gasteiger partial charge in [-0.15, -0.1) is 0 Å². The van der Waals surface area contributed by atoms with Crippen molar-refractivity contribution in [2.45, 2.75) is 31.6 Å². The van der Waals surface area contributed by atoms with E-state index in [0.29, 0.717) is 12.2 Å². The van der Waals surface area contributed by atoms with Gasteiger partial charge in [0.25, 0.3) is 0 Å². The molecule has 1 aromatic rings. The van der Waals surface area contributed by atoms with Crippen molar-refractivity contribution in [2.75, 3.05) is 31.3 Å². The van der Waals surface area contributed by atoms with E-state index < -0.39 is 9.84 Å². The summed E-state index contributed by atoms with van der Waals surface area (Å²) in [6.07, 6.45) is 2.91. The molecule has 1 rings (SSSR count). The molecule has 0 bridgehead atoms. The average Bonchev–Trinajstić information content (AvgIpc) is 2.44. The van der Waals surface area contributed by atoms with Gasteiger partial charge in [0.05, 0.1) is 11.5 Å². The molecule has 0 heterocycles. The van der Waals surface area contributed by atoms with Crippen LogP contribution in [0.3, 0.4) is 0 Å². The van der Waals surface area contributed by atoms with Crippen molar-refractivity contribution >= 4 is 21.6 Å². The second-order valence-corrected chi connectivity index (χ2v) is 7.26. The summed E-state index contributed by atoms with van der Waals surface area (Å²) in [4.78, 5) is 14.0. The van der Waals surface area contributed by atoms with Crippen LogP contribution < -0.4 is 5.32 Å². The second kappa shape index (κ2) is 8.14. The van der Waals surface area contributed by atoms with E-state index in [9.17, 15) is 13.2 Å². The number of unbranched alkanes of at least 4 members (excludes halogenated alkanes) is 1. The molecule has 0 aromatic heterocycles. The maximum Gasteiger partial charge on any atom is 0.321 e. The highest BCUT2D eigenvalue weighted by Gasteiger charge is 2.15. The number of urea groups is 1. The van der Waals surface area contributed by atoms with Gasteiger partial charge >= 0.3 is 6.03 Å². The lowest BCUT2D eigenvalue weighted by molar-refractivity contribution is 0.187. The minimum Gasteiger partial charge on any atom is -0.395 e. The number of aryl methyl sites for hydroxylation is 1. The first kappa shape index (κ1) is 18.4. The maximum absolute atomic E-state index is 12.3. The molecule has 0 saturated heterocycles. The maximum atomic E-state index is 12.3. The van der Waals surface area contributed by atoms with Crippen LogP contribution in [0, 0.1) is 6.92 Å². The van der Waals surface area contributed by atoms with E-state index in [2.05, 4.69) is 5.32 Å². The van der Waals surface area contributed by atoms with Gasteiger partial charge in [-0.25, -0.2) is 13.2 Å². The first-order valence-electron chi connectivity index (χ1n) is 7.27. The third-order valence-electron chi connectivity index (χ3n) is 3.32. The fourth-order valence-electron chi connectivity index (χ4n) is 1.95. The molecule has 0 spiro atoms. The van der Waals surface area contributed by atoms with E-state index in [1.54, 1.807) is 13.0 Å². The molecular formula is C15H24N2O4S. The van der Waals surface area contributed by atoms with Crippen LogP contribution in [0.5, 0.6) is 0 Å². The predicted octanol–water partition coefficient (Wildman–Crippen LogP) is 2.02. The molecule has 0 unspecified atom stereocenters. The molecule has 0 atom stereocenters. The highest BCUT2D eigenvalue weighted by molar-refractivity contribution is 7.90. The Hall–Kier alpha value is -1.60. The quantitative estimate of drug-likeness (QED) is 0.802. The van der Waals surface area contributed by atoms with Crippen molar-refractivity contribution in [3.8, 4) is 0 Å². The van der Waals surface area contributed by atoms with Gasteiger partial charge in [0.15, 0.2) is 9.84 Å². The van der Waals surface area contributed by atoms with Crippen molar-refractivity contribution in [1.29, 1.82) is 0 Å². The number of carbonyl (C=O) groups is 1. The van der Waals surface area contributed by atoms with Crippen molar-refractivity contribution in [3.05, 3.63) is 23.8 Å². The van der Waals surface area contributed by atoms with Gasteiger partial charge < -0.3 is 15.3 Å². The number of amides is 2. The zero-order chi connectivity index (χ0) is 16.8. The Bertz CT molecular complexity index is 614. The number of hydrogen-bond acceptors (Lipinski definition) is 4. The topological polar surface area (TPSA) is 86.7 Å². The molecule has 0 aliphatic carbocycles. The normalized spacial score (nSPS) is 11.3. The summed E-state index contributed by atoms with van der Waals surface area (Å²) in [5, 5.41) is 11.8. The van der Waals surface area contributed by atoms with E-state index in [1.165, 1.54) is 17.0 Å². The number of nitrogens with zero attached hydrogens (tertiary/aromatic N) is 1. The van der Waals surface area contributed by atoms with E-state index in [0.717, 1.165) is 24.7 Å². The summed E-state index contributed by atoms with van der Waals surface area (Å²) >= 11 is 0. The SMILES string of the molecule is CCCCN(CCO)C(=O)Nc1cc(S(C)(=O)=O)ccc1C. The summed E-state index contributed by atoms with van der Waals surface area (Å²) in [5.74, 6) is 0. The number of sulfone groups is 1. The fraction of sp³-hybridized carbons (Fsp3) is 0.533. The van der Waals surface area contributed by atoms with Gasteiger partial charge in [-0.1, -0.05) is 19.4 Å². The molecular weight excluding hydrogens is 304 g/mol. The Kier molecular flexibility index (Phi) is 6.83. The highest BCUT2D eigenvalue weighted by atomic mass is 32.2. The van der Waals surface area contributed by atoms with Crippen LogP contribution in [0.1, 0.15) is 25.3 Å². The first-order chi connectivity index (χ1) is 10.3. The molecule has 124 valence electrons. The van der Waals surface area contributed by atoms with Crippen molar-refractivity contribution in [1.82, 2.24) is 4.90 Å². The minimum atomic E-state index is -3.33. The number of aliphatic hydroxyl groups excluding tert-OH is 1. The molecule has 0 aliphatic heterocycles. The van der Waals surface area contributed by atoms with Crippen LogP contribution >= 0.6 is 0 Å². The molecule has 0 saturated carbocycles. The van der Waals surface area contributed by atoms with Crippen LogP contribution in [0.4, 0.5) is 10.5 Å². The summed E-state index contributed by atoms with van der Waals surface area (Å²) in [5.41, 5.74) is 1.24. The smallest absolute Gasteiger partial charge is 0.321 e. The predicted molar refractivity (Wildman–Crippen MR) is 86.9 cm³/mol. The van der Waals surface area contributed by atoms with Crippen molar-refractivity contribution in [2.24, 2.45) is 0 Å². The Morgan fingerprint density at radius 2 is 2.00 bits per heavy atom. The van der Waals surface area contributed by atoms with Crippen molar-refractivity contribution < 1.29 is 18.3 Å². The monoisotopic (exact) mass is 328 g/mol. The molecule has 7 heteroatoms. The fourth-order valence-corrected chi connectivity index (χ4v) is 2.59. The highest BCUT2D eigenvalue weighted by Crippen LogP contribution is 2.20. The molecule has 1 aromatic carbocycles. The Balaban J connectivity index is 2.94. The third kappa shape index (κ3) is 5.31. The number of benzene rings is 1. The number of aliphatic hydroxyl groups is 1. The lowest BCUT2D eigenvalue weighted by Gasteiger charge is -2.22. The van der Waals surface area contributed by atoms with Crippen LogP contribution in [-0.2, 0) is 9.84 Å². The van der Waals surface area contributed by atoms with Gasteiger partial charge in [-0.05, 0) is 31.0 Å². The van der Waals surface area contributed by atoms with Crippen LogP contribution in [0.15, 0.2) is 23.1 Å². The second-order valence-electron chi connectivity index (χ2n) is 5.24. The first-order valence-corrected chi connectivity index (χ1v) is 9.16. The Morgan fingerprint density at radius 1 is 1.32 bits per heavy atom. The van der Waals surface area contributed by atoms with E-state index in [4.69, 9.17) is 5.11 Å².